The highest BCUT2D eigenvalue weighted by atomic mass is 19.4. The van der Waals surface area contributed by atoms with E-state index in [0.29, 0.717) is 0 Å². The summed E-state index contributed by atoms with van der Waals surface area (Å²) in [5, 5.41) is 10.3. The molecule has 0 bridgehead atoms. The van der Waals surface area contributed by atoms with Crippen molar-refractivity contribution in [3.63, 3.8) is 0 Å². The standard InChI is InChI=1S/C7H2F6N2O2/c8-3-4(6(9)10)14-1-2(7(11,12)13)5(3)15(16)17/h1,6H. The summed E-state index contributed by atoms with van der Waals surface area (Å²) in [6, 6.07) is 0. The van der Waals surface area contributed by atoms with Gasteiger partial charge in [0.15, 0.2) is 5.56 Å². The molecule has 4 nitrogen and oxygen atoms in total. The molecule has 1 aromatic rings. The molecular weight excluding hydrogens is 258 g/mol. The second-order valence-electron chi connectivity index (χ2n) is 2.78. The summed E-state index contributed by atoms with van der Waals surface area (Å²) in [4.78, 5) is 11.1. The SMILES string of the molecule is O=[N+]([O-])c1c(C(F)(F)F)cnc(C(F)F)c1F. The zero-order valence-corrected chi connectivity index (χ0v) is 7.63. The first-order chi connectivity index (χ1) is 7.66. The van der Waals surface area contributed by atoms with Crippen molar-refractivity contribution in [2.24, 2.45) is 0 Å². The quantitative estimate of drug-likeness (QED) is 0.466. The highest BCUT2D eigenvalue weighted by Crippen LogP contribution is 2.38. The van der Waals surface area contributed by atoms with Gasteiger partial charge in [-0.2, -0.15) is 17.6 Å². The van der Waals surface area contributed by atoms with Crippen LogP contribution in [-0.2, 0) is 6.18 Å². The van der Waals surface area contributed by atoms with Crippen molar-refractivity contribution in [2.75, 3.05) is 0 Å². The van der Waals surface area contributed by atoms with Gasteiger partial charge in [0.25, 0.3) is 6.43 Å². The van der Waals surface area contributed by atoms with Crippen molar-refractivity contribution in [3.8, 4) is 0 Å². The maximum absolute atomic E-state index is 13.1. The van der Waals surface area contributed by atoms with Gasteiger partial charge in [-0.3, -0.25) is 15.1 Å². The fourth-order valence-corrected chi connectivity index (χ4v) is 1.03. The van der Waals surface area contributed by atoms with Crippen molar-refractivity contribution in [1.29, 1.82) is 0 Å². The van der Waals surface area contributed by atoms with E-state index >= 15 is 0 Å². The maximum atomic E-state index is 13.1. The van der Waals surface area contributed by atoms with Gasteiger partial charge in [0.05, 0.1) is 4.92 Å². The van der Waals surface area contributed by atoms with E-state index in [4.69, 9.17) is 0 Å². The lowest BCUT2D eigenvalue weighted by molar-refractivity contribution is -0.391. The van der Waals surface area contributed by atoms with E-state index in [1.54, 1.807) is 0 Å². The Hall–Kier alpha value is -1.87. The van der Waals surface area contributed by atoms with Crippen LogP contribution in [0.4, 0.5) is 32.0 Å². The molecule has 0 atom stereocenters. The molecule has 17 heavy (non-hydrogen) atoms. The second kappa shape index (κ2) is 4.18. The maximum Gasteiger partial charge on any atom is 0.424 e. The third kappa shape index (κ3) is 2.45. The first-order valence-electron chi connectivity index (χ1n) is 3.84. The fraction of sp³-hybridized carbons (Fsp3) is 0.286. The van der Waals surface area contributed by atoms with Gasteiger partial charge in [0.2, 0.25) is 5.82 Å². The van der Waals surface area contributed by atoms with Gasteiger partial charge in [0.1, 0.15) is 5.69 Å². The van der Waals surface area contributed by atoms with Gasteiger partial charge in [-0.15, -0.1) is 0 Å². The summed E-state index contributed by atoms with van der Waals surface area (Å²) in [5.41, 5.74) is -5.75. The Labute approximate surface area is 89.0 Å². The van der Waals surface area contributed by atoms with Gasteiger partial charge in [0, 0.05) is 6.20 Å². The van der Waals surface area contributed by atoms with E-state index in [1.807, 2.05) is 0 Å². The zero-order valence-electron chi connectivity index (χ0n) is 7.63. The largest absolute Gasteiger partial charge is 0.424 e. The number of nitrogens with zero attached hydrogens (tertiary/aromatic N) is 2. The van der Waals surface area contributed by atoms with E-state index in [2.05, 4.69) is 4.98 Å². The van der Waals surface area contributed by atoms with E-state index in [1.165, 1.54) is 0 Å². The molecule has 0 saturated heterocycles. The molecule has 0 N–H and O–H groups in total. The number of alkyl halides is 5. The Bertz CT molecular complexity index is 458. The average molecular weight is 260 g/mol. The molecule has 0 radical (unpaired) electrons. The molecule has 0 saturated carbocycles. The monoisotopic (exact) mass is 260 g/mol. The molecular formula is C7H2F6N2O2. The van der Waals surface area contributed by atoms with Gasteiger partial charge in [-0.1, -0.05) is 0 Å². The van der Waals surface area contributed by atoms with Crippen LogP contribution >= 0.6 is 0 Å². The van der Waals surface area contributed by atoms with Gasteiger partial charge in [-0.25, -0.2) is 8.78 Å². The smallest absolute Gasteiger partial charge is 0.258 e. The Morgan fingerprint density at radius 1 is 1.35 bits per heavy atom. The summed E-state index contributed by atoms with van der Waals surface area (Å²) in [5.74, 6) is -2.28. The molecule has 0 unspecified atom stereocenters. The number of nitro groups is 1. The number of hydrogen-bond donors (Lipinski definition) is 0. The van der Waals surface area contributed by atoms with Crippen LogP contribution in [0, 0.1) is 15.9 Å². The highest BCUT2D eigenvalue weighted by Gasteiger charge is 2.42. The minimum Gasteiger partial charge on any atom is -0.258 e. The van der Waals surface area contributed by atoms with Gasteiger partial charge >= 0.3 is 11.9 Å². The molecule has 0 fully saturated rings. The Balaban J connectivity index is 3.57. The van der Waals surface area contributed by atoms with Crippen LogP contribution in [0.5, 0.6) is 0 Å². The van der Waals surface area contributed by atoms with Crippen LogP contribution in [0.25, 0.3) is 0 Å². The summed E-state index contributed by atoms with van der Waals surface area (Å²) in [7, 11) is 0. The van der Waals surface area contributed by atoms with Crippen LogP contribution in [0.2, 0.25) is 0 Å². The molecule has 1 heterocycles. The molecule has 0 aliphatic rings. The third-order valence-corrected chi connectivity index (χ3v) is 1.72. The Morgan fingerprint density at radius 2 is 1.88 bits per heavy atom. The third-order valence-electron chi connectivity index (χ3n) is 1.72. The van der Waals surface area contributed by atoms with Gasteiger partial charge < -0.3 is 0 Å². The van der Waals surface area contributed by atoms with E-state index < -0.39 is 40.3 Å². The lowest BCUT2D eigenvalue weighted by Crippen LogP contribution is -2.13. The van der Waals surface area contributed by atoms with E-state index in [-0.39, 0.29) is 6.20 Å². The van der Waals surface area contributed by atoms with Crippen LogP contribution in [0.15, 0.2) is 6.20 Å². The van der Waals surface area contributed by atoms with Crippen LogP contribution in [0.1, 0.15) is 17.7 Å². The number of rotatable bonds is 2. The number of aromatic nitrogens is 1. The molecule has 10 heteroatoms. The zero-order chi connectivity index (χ0) is 13.4. The first-order valence-corrected chi connectivity index (χ1v) is 3.84. The van der Waals surface area contributed by atoms with Crippen LogP contribution in [0.3, 0.4) is 0 Å². The van der Waals surface area contributed by atoms with Crippen LogP contribution in [-0.4, -0.2) is 9.91 Å². The summed E-state index contributed by atoms with van der Waals surface area (Å²) in [6.45, 7) is 0. The normalized spacial score (nSPS) is 11.9. The van der Waals surface area contributed by atoms with Crippen molar-refractivity contribution < 1.29 is 31.3 Å². The predicted molar refractivity (Wildman–Crippen MR) is 40.8 cm³/mol. The molecule has 94 valence electrons. The molecule has 0 aliphatic heterocycles. The lowest BCUT2D eigenvalue weighted by Gasteiger charge is -2.09. The molecule has 1 rings (SSSR count). The van der Waals surface area contributed by atoms with Crippen LogP contribution < -0.4 is 0 Å². The summed E-state index contributed by atoms with van der Waals surface area (Å²) in [6.07, 6.45) is -8.99. The summed E-state index contributed by atoms with van der Waals surface area (Å²) < 4.78 is 73.9. The first kappa shape index (κ1) is 13.2. The van der Waals surface area contributed by atoms with Crippen molar-refractivity contribution in [1.82, 2.24) is 4.98 Å². The molecule has 0 aromatic carbocycles. The Kier molecular flexibility index (Phi) is 3.25. The predicted octanol–water partition coefficient (Wildman–Crippen LogP) is 3.09. The van der Waals surface area contributed by atoms with Crippen molar-refractivity contribution >= 4 is 5.69 Å². The highest BCUT2D eigenvalue weighted by molar-refractivity contribution is 5.43. The number of halogens is 6. The van der Waals surface area contributed by atoms with E-state index in [0.717, 1.165) is 0 Å². The Morgan fingerprint density at radius 3 is 2.24 bits per heavy atom. The van der Waals surface area contributed by atoms with E-state index in [9.17, 15) is 36.5 Å². The van der Waals surface area contributed by atoms with Crippen molar-refractivity contribution in [3.05, 3.63) is 33.4 Å². The number of pyridine rings is 1. The minimum absolute atomic E-state index is 0.192. The average Bonchev–Trinajstić information content (AvgIpc) is 2.14. The van der Waals surface area contributed by atoms with Crippen molar-refractivity contribution in [2.45, 2.75) is 12.6 Å². The topological polar surface area (TPSA) is 56.0 Å². The molecule has 0 spiro atoms. The fourth-order valence-electron chi connectivity index (χ4n) is 1.03. The lowest BCUT2D eigenvalue weighted by atomic mass is 10.2. The van der Waals surface area contributed by atoms with Gasteiger partial charge in [-0.05, 0) is 0 Å². The minimum atomic E-state index is -5.25. The second-order valence-corrected chi connectivity index (χ2v) is 2.78. The summed E-state index contributed by atoms with van der Waals surface area (Å²) >= 11 is 0. The molecule has 1 aromatic heterocycles. The molecule has 0 aliphatic carbocycles. The number of hydrogen-bond acceptors (Lipinski definition) is 3. The molecule has 0 amide bonds.